The predicted molar refractivity (Wildman–Crippen MR) is 101 cm³/mol. The summed E-state index contributed by atoms with van der Waals surface area (Å²) in [6.45, 7) is 4.43. The summed E-state index contributed by atoms with van der Waals surface area (Å²) in [6.07, 6.45) is 2.01. The Morgan fingerprint density at radius 1 is 1.00 bits per heavy atom. The van der Waals surface area contributed by atoms with Crippen molar-refractivity contribution in [1.29, 1.82) is 0 Å². The topological polar surface area (TPSA) is 51.1 Å². The lowest BCUT2D eigenvalue weighted by molar-refractivity contribution is 0.102. The third kappa shape index (κ3) is 3.33. The summed E-state index contributed by atoms with van der Waals surface area (Å²) >= 11 is 0. The van der Waals surface area contributed by atoms with Gasteiger partial charge in [-0.25, -0.2) is 0 Å². The molecule has 0 radical (unpaired) electrons. The molecule has 0 atom stereocenters. The Hall–Kier alpha value is -2.88. The number of nitrogens with one attached hydrogen (secondary N) is 1. The minimum Gasteiger partial charge on any atom is -0.327 e. The van der Waals surface area contributed by atoms with Gasteiger partial charge in [0.05, 0.1) is 11.1 Å². The van der Waals surface area contributed by atoms with Crippen molar-refractivity contribution >= 4 is 28.4 Å². The summed E-state index contributed by atoms with van der Waals surface area (Å²) in [4.78, 5) is 25.0. The van der Waals surface area contributed by atoms with Crippen LogP contribution in [0.1, 0.15) is 47.4 Å². The fourth-order valence-electron chi connectivity index (χ4n) is 3.11. The van der Waals surface area contributed by atoms with E-state index in [-0.39, 0.29) is 11.7 Å². The van der Waals surface area contributed by atoms with E-state index in [9.17, 15) is 9.59 Å². The predicted octanol–water partition coefficient (Wildman–Crippen LogP) is 4.90. The lowest BCUT2D eigenvalue weighted by Gasteiger charge is -2.12. The molecule has 4 heteroatoms. The van der Waals surface area contributed by atoms with Crippen LogP contribution in [0.2, 0.25) is 0 Å². The minimum atomic E-state index is -0.205. The molecule has 0 aliphatic heterocycles. The molecule has 0 saturated carbocycles. The van der Waals surface area contributed by atoms with Gasteiger partial charge in [0.25, 0.3) is 5.91 Å². The number of hydrogen-bond donors (Lipinski definition) is 1. The number of rotatable bonds is 6. The van der Waals surface area contributed by atoms with Crippen LogP contribution in [0.4, 0.5) is 5.82 Å². The number of Topliss-reactive ketones (excluding diaryl/α,β-unsaturated/α-hetero) is 1. The van der Waals surface area contributed by atoms with Gasteiger partial charge in [0.2, 0.25) is 0 Å². The van der Waals surface area contributed by atoms with Gasteiger partial charge in [-0.3, -0.25) is 9.59 Å². The van der Waals surface area contributed by atoms with E-state index < -0.39 is 0 Å². The quantitative estimate of drug-likeness (QED) is 0.652. The molecule has 4 nitrogen and oxygen atoms in total. The molecule has 2 aromatic carbocycles. The molecular weight excluding hydrogens is 312 g/mol. The molecule has 1 amide bonds. The summed E-state index contributed by atoms with van der Waals surface area (Å²) < 4.78 is 2.05. The van der Waals surface area contributed by atoms with E-state index in [2.05, 4.69) is 16.8 Å². The second-order valence-electron chi connectivity index (χ2n) is 6.12. The van der Waals surface area contributed by atoms with Crippen LogP contribution in [0.5, 0.6) is 0 Å². The molecule has 0 aliphatic rings. The number of aromatic nitrogens is 1. The number of benzene rings is 2. The third-order valence-corrected chi connectivity index (χ3v) is 4.33. The molecule has 1 N–H and O–H groups in total. The Morgan fingerprint density at radius 3 is 2.36 bits per heavy atom. The Labute approximate surface area is 147 Å². The van der Waals surface area contributed by atoms with Crippen molar-refractivity contribution < 1.29 is 9.59 Å². The number of carbonyl (C=O) groups excluding carboxylic acids is 2. The zero-order valence-electron chi connectivity index (χ0n) is 14.6. The number of hydrogen-bond acceptors (Lipinski definition) is 2. The largest absolute Gasteiger partial charge is 0.327 e. The zero-order chi connectivity index (χ0) is 17.8. The highest BCUT2D eigenvalue weighted by molar-refractivity contribution is 6.15. The molecule has 0 unspecified atom stereocenters. The van der Waals surface area contributed by atoms with Gasteiger partial charge in [-0.2, -0.15) is 0 Å². The maximum atomic E-state index is 12.7. The number of para-hydroxylation sites is 1. The summed E-state index contributed by atoms with van der Waals surface area (Å²) in [5.41, 5.74) is 2.13. The number of aryl methyl sites for hydroxylation is 1. The maximum Gasteiger partial charge on any atom is 0.256 e. The Kier molecular flexibility index (Phi) is 4.98. The minimum absolute atomic E-state index is 0.0465. The average molecular weight is 334 g/mol. The van der Waals surface area contributed by atoms with Crippen molar-refractivity contribution in [2.75, 3.05) is 5.32 Å². The number of carbonyl (C=O) groups is 2. The van der Waals surface area contributed by atoms with Crippen LogP contribution in [-0.4, -0.2) is 16.3 Å². The Bertz CT molecular complexity index is 910. The van der Waals surface area contributed by atoms with Crippen LogP contribution in [-0.2, 0) is 6.54 Å². The monoisotopic (exact) mass is 334 g/mol. The van der Waals surface area contributed by atoms with Crippen LogP contribution >= 0.6 is 0 Å². The summed E-state index contributed by atoms with van der Waals surface area (Å²) in [6, 6.07) is 16.9. The standard InChI is InChI=1S/C21H22N2O2/c1-3-4-14-23-18-13-9-8-12-17(18)19(15(2)24)20(23)22-21(25)16-10-6-5-7-11-16/h5-13H,3-4,14H2,1-2H3,(H,22,25). The summed E-state index contributed by atoms with van der Waals surface area (Å²) in [5, 5.41) is 3.86. The Morgan fingerprint density at radius 2 is 1.68 bits per heavy atom. The first-order valence-corrected chi connectivity index (χ1v) is 8.62. The second-order valence-corrected chi connectivity index (χ2v) is 6.12. The first-order valence-electron chi connectivity index (χ1n) is 8.62. The maximum absolute atomic E-state index is 12.7. The number of anilines is 1. The first-order chi connectivity index (χ1) is 12.1. The number of ketones is 1. The molecule has 3 aromatic rings. The lowest BCUT2D eigenvalue weighted by Crippen LogP contribution is -2.17. The highest BCUT2D eigenvalue weighted by atomic mass is 16.2. The smallest absolute Gasteiger partial charge is 0.256 e. The van der Waals surface area contributed by atoms with Crippen LogP contribution in [0.3, 0.4) is 0 Å². The summed E-state index contributed by atoms with van der Waals surface area (Å²) in [7, 11) is 0. The van der Waals surface area contributed by atoms with Crippen LogP contribution < -0.4 is 5.32 Å². The van der Waals surface area contributed by atoms with E-state index in [1.807, 2.05) is 42.5 Å². The number of fused-ring (bicyclic) bond motifs is 1. The fourth-order valence-corrected chi connectivity index (χ4v) is 3.11. The van der Waals surface area contributed by atoms with E-state index >= 15 is 0 Å². The summed E-state index contributed by atoms with van der Waals surface area (Å²) in [5.74, 6) is 0.342. The van der Waals surface area contributed by atoms with Crippen molar-refractivity contribution in [3.8, 4) is 0 Å². The van der Waals surface area contributed by atoms with Gasteiger partial charge >= 0.3 is 0 Å². The molecule has 3 rings (SSSR count). The first kappa shape index (κ1) is 17.0. The molecular formula is C21H22N2O2. The van der Waals surface area contributed by atoms with Gasteiger partial charge in [0, 0.05) is 17.5 Å². The van der Waals surface area contributed by atoms with Gasteiger partial charge in [-0.15, -0.1) is 0 Å². The Balaban J connectivity index is 2.12. The molecule has 0 spiro atoms. The van der Waals surface area contributed by atoms with Gasteiger partial charge in [-0.05, 0) is 31.5 Å². The number of nitrogens with zero attached hydrogens (tertiary/aromatic N) is 1. The van der Waals surface area contributed by atoms with E-state index in [4.69, 9.17) is 0 Å². The molecule has 1 heterocycles. The van der Waals surface area contributed by atoms with Crippen molar-refractivity contribution in [3.05, 3.63) is 65.7 Å². The van der Waals surface area contributed by atoms with Crippen LogP contribution in [0.25, 0.3) is 10.9 Å². The van der Waals surface area contributed by atoms with Crippen molar-refractivity contribution in [1.82, 2.24) is 4.57 Å². The number of amides is 1. The molecule has 128 valence electrons. The average Bonchev–Trinajstić information content (AvgIpc) is 2.94. The van der Waals surface area contributed by atoms with Gasteiger partial charge in [0.15, 0.2) is 5.78 Å². The third-order valence-electron chi connectivity index (χ3n) is 4.33. The van der Waals surface area contributed by atoms with E-state index in [0.29, 0.717) is 16.9 Å². The SMILES string of the molecule is CCCCn1c(NC(=O)c2ccccc2)c(C(C)=O)c2ccccc21. The highest BCUT2D eigenvalue weighted by Crippen LogP contribution is 2.31. The van der Waals surface area contributed by atoms with Crippen LogP contribution in [0.15, 0.2) is 54.6 Å². The second kappa shape index (κ2) is 7.34. The van der Waals surface area contributed by atoms with E-state index in [1.165, 1.54) is 0 Å². The fraction of sp³-hybridized carbons (Fsp3) is 0.238. The van der Waals surface area contributed by atoms with Gasteiger partial charge in [0.1, 0.15) is 5.82 Å². The van der Waals surface area contributed by atoms with Gasteiger partial charge < -0.3 is 9.88 Å². The molecule has 1 aromatic heterocycles. The highest BCUT2D eigenvalue weighted by Gasteiger charge is 2.21. The number of unbranched alkanes of at least 4 members (excludes halogenated alkanes) is 1. The lowest BCUT2D eigenvalue weighted by atomic mass is 10.1. The van der Waals surface area contributed by atoms with E-state index in [1.54, 1.807) is 19.1 Å². The van der Waals surface area contributed by atoms with Crippen molar-refractivity contribution in [2.24, 2.45) is 0 Å². The van der Waals surface area contributed by atoms with Crippen molar-refractivity contribution in [3.63, 3.8) is 0 Å². The normalized spacial score (nSPS) is 10.8. The van der Waals surface area contributed by atoms with E-state index in [0.717, 1.165) is 30.3 Å². The zero-order valence-corrected chi connectivity index (χ0v) is 14.6. The molecule has 0 aliphatic carbocycles. The van der Waals surface area contributed by atoms with Gasteiger partial charge in [-0.1, -0.05) is 49.7 Å². The molecule has 25 heavy (non-hydrogen) atoms. The molecule has 0 fully saturated rings. The molecule has 0 saturated heterocycles. The molecule has 0 bridgehead atoms. The van der Waals surface area contributed by atoms with Crippen molar-refractivity contribution in [2.45, 2.75) is 33.2 Å². The van der Waals surface area contributed by atoms with Crippen LogP contribution in [0, 0.1) is 0 Å².